The van der Waals surface area contributed by atoms with Gasteiger partial charge >= 0.3 is 6.01 Å². The van der Waals surface area contributed by atoms with E-state index in [9.17, 15) is 0 Å². The van der Waals surface area contributed by atoms with Gasteiger partial charge in [0, 0.05) is 11.5 Å². The first-order valence-electron chi connectivity index (χ1n) is 4.41. The van der Waals surface area contributed by atoms with Crippen LogP contribution in [0, 0.1) is 11.3 Å². The van der Waals surface area contributed by atoms with Gasteiger partial charge in [0.2, 0.25) is 0 Å². The van der Waals surface area contributed by atoms with Crippen LogP contribution in [0.15, 0.2) is 29.0 Å². The van der Waals surface area contributed by atoms with Crippen LogP contribution < -0.4 is 4.74 Å². The van der Waals surface area contributed by atoms with Gasteiger partial charge in [0.25, 0.3) is 0 Å². The SMILES string of the molecule is Cn1cnc(Oc2cc(Br)cc(C#N)c2)n1. The van der Waals surface area contributed by atoms with E-state index in [1.807, 2.05) is 6.07 Å². The molecule has 0 saturated heterocycles. The average Bonchev–Trinajstić information content (AvgIpc) is 2.63. The van der Waals surface area contributed by atoms with Gasteiger partial charge in [0.15, 0.2) is 0 Å². The van der Waals surface area contributed by atoms with Crippen LogP contribution in [-0.2, 0) is 7.05 Å². The molecule has 2 aromatic rings. The minimum atomic E-state index is 0.254. The van der Waals surface area contributed by atoms with Gasteiger partial charge in [-0.25, -0.2) is 0 Å². The zero-order valence-corrected chi connectivity index (χ0v) is 9.97. The molecule has 80 valence electrons. The minimum Gasteiger partial charge on any atom is -0.423 e. The van der Waals surface area contributed by atoms with Gasteiger partial charge in [-0.2, -0.15) is 10.2 Å². The van der Waals surface area contributed by atoms with Crippen molar-refractivity contribution in [1.29, 1.82) is 5.26 Å². The number of benzene rings is 1. The lowest BCUT2D eigenvalue weighted by atomic mass is 10.2. The van der Waals surface area contributed by atoms with Crippen molar-refractivity contribution < 1.29 is 4.74 Å². The van der Waals surface area contributed by atoms with Crippen molar-refractivity contribution in [3.05, 3.63) is 34.6 Å². The lowest BCUT2D eigenvalue weighted by Gasteiger charge is -2.01. The number of hydrogen-bond acceptors (Lipinski definition) is 4. The maximum atomic E-state index is 8.79. The molecule has 16 heavy (non-hydrogen) atoms. The summed E-state index contributed by atoms with van der Waals surface area (Å²) in [6.07, 6.45) is 1.54. The van der Waals surface area contributed by atoms with Crippen molar-refractivity contribution in [2.24, 2.45) is 7.05 Å². The smallest absolute Gasteiger partial charge is 0.340 e. The molecular weight excluding hydrogens is 272 g/mol. The molecule has 0 unspecified atom stereocenters. The second kappa shape index (κ2) is 4.33. The van der Waals surface area contributed by atoms with Gasteiger partial charge in [-0.1, -0.05) is 15.9 Å². The molecule has 1 heterocycles. The summed E-state index contributed by atoms with van der Waals surface area (Å²) < 4.78 is 7.71. The molecular formula is C10H7BrN4O. The summed E-state index contributed by atoms with van der Waals surface area (Å²) in [7, 11) is 1.75. The summed E-state index contributed by atoms with van der Waals surface area (Å²) in [4.78, 5) is 3.93. The third-order valence-corrected chi connectivity index (χ3v) is 2.25. The van der Waals surface area contributed by atoms with Crippen LogP contribution >= 0.6 is 15.9 Å². The second-order valence-electron chi connectivity index (χ2n) is 3.09. The average molecular weight is 279 g/mol. The third kappa shape index (κ3) is 2.38. The number of aryl methyl sites for hydroxylation is 1. The van der Waals surface area contributed by atoms with Gasteiger partial charge in [-0.3, -0.25) is 4.68 Å². The van der Waals surface area contributed by atoms with Crippen LogP contribution in [0.5, 0.6) is 11.8 Å². The molecule has 1 aromatic carbocycles. The van der Waals surface area contributed by atoms with Gasteiger partial charge in [-0.05, 0) is 18.2 Å². The van der Waals surface area contributed by atoms with E-state index in [0.717, 1.165) is 4.47 Å². The van der Waals surface area contributed by atoms with E-state index in [4.69, 9.17) is 10.00 Å². The Morgan fingerprint density at radius 1 is 1.44 bits per heavy atom. The Bertz CT molecular complexity index is 558. The van der Waals surface area contributed by atoms with Crippen molar-refractivity contribution in [3.63, 3.8) is 0 Å². The van der Waals surface area contributed by atoms with Crippen LogP contribution in [0.1, 0.15) is 5.56 Å². The Morgan fingerprint density at radius 2 is 2.25 bits per heavy atom. The van der Waals surface area contributed by atoms with Crippen LogP contribution in [0.3, 0.4) is 0 Å². The lowest BCUT2D eigenvalue weighted by molar-refractivity contribution is 0.438. The number of rotatable bonds is 2. The molecule has 0 aliphatic carbocycles. The van der Waals surface area contributed by atoms with Crippen LogP contribution in [0.25, 0.3) is 0 Å². The summed E-state index contributed by atoms with van der Waals surface area (Å²) in [6, 6.07) is 7.38. The normalized spacial score (nSPS) is 9.81. The number of nitrogens with zero attached hydrogens (tertiary/aromatic N) is 4. The summed E-state index contributed by atoms with van der Waals surface area (Å²) in [6.45, 7) is 0. The minimum absolute atomic E-state index is 0.254. The van der Waals surface area contributed by atoms with E-state index in [2.05, 4.69) is 26.0 Å². The molecule has 0 amide bonds. The molecule has 0 saturated carbocycles. The molecule has 0 aliphatic rings. The largest absolute Gasteiger partial charge is 0.423 e. The van der Waals surface area contributed by atoms with Crippen LogP contribution in [-0.4, -0.2) is 14.8 Å². The first-order valence-corrected chi connectivity index (χ1v) is 5.21. The van der Waals surface area contributed by atoms with Crippen molar-refractivity contribution >= 4 is 15.9 Å². The van der Waals surface area contributed by atoms with Crippen molar-refractivity contribution in [1.82, 2.24) is 14.8 Å². The Balaban J connectivity index is 2.28. The highest BCUT2D eigenvalue weighted by Gasteiger charge is 2.04. The number of halogens is 1. The standard InChI is InChI=1S/C10H7BrN4O/c1-15-6-13-10(14-15)16-9-3-7(5-12)2-8(11)4-9/h2-4,6H,1H3. The predicted molar refractivity (Wildman–Crippen MR) is 59.9 cm³/mol. The number of nitriles is 1. The topological polar surface area (TPSA) is 63.7 Å². The molecule has 0 radical (unpaired) electrons. The maximum Gasteiger partial charge on any atom is 0.340 e. The highest BCUT2D eigenvalue weighted by molar-refractivity contribution is 9.10. The quantitative estimate of drug-likeness (QED) is 0.845. The molecule has 1 aromatic heterocycles. The van der Waals surface area contributed by atoms with E-state index in [1.54, 1.807) is 36.3 Å². The first-order chi connectivity index (χ1) is 7.67. The van der Waals surface area contributed by atoms with Gasteiger partial charge in [0.05, 0.1) is 11.6 Å². The van der Waals surface area contributed by atoms with Gasteiger partial charge in [-0.15, -0.1) is 5.10 Å². The van der Waals surface area contributed by atoms with E-state index >= 15 is 0 Å². The fourth-order valence-corrected chi connectivity index (χ4v) is 1.63. The summed E-state index contributed by atoms with van der Waals surface area (Å²) in [5.41, 5.74) is 0.514. The molecule has 0 N–H and O–H groups in total. The molecule has 5 nitrogen and oxygen atoms in total. The molecule has 6 heteroatoms. The highest BCUT2D eigenvalue weighted by Crippen LogP contribution is 2.24. The van der Waals surface area contributed by atoms with E-state index in [1.165, 1.54) is 0 Å². The van der Waals surface area contributed by atoms with E-state index in [0.29, 0.717) is 11.3 Å². The Kier molecular flexibility index (Phi) is 2.88. The van der Waals surface area contributed by atoms with Crippen molar-refractivity contribution in [3.8, 4) is 17.8 Å². The number of hydrogen-bond donors (Lipinski definition) is 0. The fourth-order valence-electron chi connectivity index (χ4n) is 1.16. The summed E-state index contributed by atoms with van der Waals surface area (Å²) in [5.74, 6) is 0.525. The zero-order valence-electron chi connectivity index (χ0n) is 8.38. The Hall–Kier alpha value is -1.87. The zero-order chi connectivity index (χ0) is 11.5. The third-order valence-electron chi connectivity index (χ3n) is 1.79. The van der Waals surface area contributed by atoms with Crippen molar-refractivity contribution in [2.75, 3.05) is 0 Å². The van der Waals surface area contributed by atoms with Gasteiger partial charge < -0.3 is 4.74 Å². The fraction of sp³-hybridized carbons (Fsp3) is 0.100. The van der Waals surface area contributed by atoms with Crippen LogP contribution in [0.2, 0.25) is 0 Å². The lowest BCUT2D eigenvalue weighted by Crippen LogP contribution is -1.90. The molecule has 0 atom stereocenters. The Morgan fingerprint density at radius 3 is 2.88 bits per heavy atom. The second-order valence-corrected chi connectivity index (χ2v) is 4.01. The predicted octanol–water partition coefficient (Wildman–Crippen LogP) is 2.24. The number of ether oxygens (including phenoxy) is 1. The molecule has 2 rings (SSSR count). The molecule has 0 spiro atoms. The summed E-state index contributed by atoms with van der Waals surface area (Å²) >= 11 is 3.30. The highest BCUT2D eigenvalue weighted by atomic mass is 79.9. The van der Waals surface area contributed by atoms with E-state index < -0.39 is 0 Å². The monoisotopic (exact) mass is 278 g/mol. The molecule has 0 fully saturated rings. The first kappa shape index (κ1) is 10.6. The van der Waals surface area contributed by atoms with Crippen molar-refractivity contribution in [2.45, 2.75) is 0 Å². The summed E-state index contributed by atoms with van der Waals surface area (Å²) in [5, 5.41) is 12.8. The van der Waals surface area contributed by atoms with Crippen LogP contribution in [0.4, 0.5) is 0 Å². The molecule has 0 aliphatic heterocycles. The number of aromatic nitrogens is 3. The maximum absolute atomic E-state index is 8.79. The van der Waals surface area contributed by atoms with Gasteiger partial charge in [0.1, 0.15) is 12.1 Å². The Labute approximate surface area is 100 Å². The van der Waals surface area contributed by atoms with E-state index in [-0.39, 0.29) is 6.01 Å². The molecule has 0 bridgehead atoms.